The van der Waals surface area contributed by atoms with E-state index >= 15 is 0 Å². The Hall–Kier alpha value is -1.59. The van der Waals surface area contributed by atoms with Crippen LogP contribution in [-0.4, -0.2) is 69.4 Å². The van der Waals surface area contributed by atoms with E-state index in [1.165, 1.54) is 34.5 Å². The summed E-state index contributed by atoms with van der Waals surface area (Å²) < 4.78 is 33.0. The summed E-state index contributed by atoms with van der Waals surface area (Å²) in [5.41, 5.74) is 1.29. The SMILES string of the molecule is COCCn1cc(SCCN=C2CCCN2C)c2ccccc21.NS(=O)(=O)OC1CCCCC1. The Bertz CT molecular complexity index is 1030. The molecule has 34 heavy (non-hydrogen) atoms. The van der Waals surface area contributed by atoms with E-state index in [0.717, 1.165) is 64.1 Å². The maximum Gasteiger partial charge on any atom is 0.333 e. The number of benzene rings is 1. The maximum absolute atomic E-state index is 10.5. The summed E-state index contributed by atoms with van der Waals surface area (Å²) in [6.07, 6.45) is 9.35. The number of thioether (sulfide) groups is 1. The van der Waals surface area contributed by atoms with Gasteiger partial charge >= 0.3 is 10.3 Å². The Morgan fingerprint density at radius 3 is 2.62 bits per heavy atom. The first-order valence-electron chi connectivity index (χ1n) is 12.0. The van der Waals surface area contributed by atoms with Gasteiger partial charge in [-0.1, -0.05) is 37.5 Å². The number of amidine groups is 1. The van der Waals surface area contributed by atoms with Crippen molar-refractivity contribution in [3.05, 3.63) is 30.5 Å². The number of fused-ring (bicyclic) bond motifs is 1. The Labute approximate surface area is 208 Å². The molecule has 2 N–H and O–H groups in total. The smallest absolute Gasteiger partial charge is 0.333 e. The molecule has 10 heteroatoms. The van der Waals surface area contributed by atoms with Crippen molar-refractivity contribution in [3.8, 4) is 0 Å². The molecule has 1 aromatic heterocycles. The number of ether oxygens (including phenoxy) is 1. The average molecular weight is 511 g/mol. The topological polar surface area (TPSA) is 99.1 Å². The van der Waals surface area contributed by atoms with Crippen molar-refractivity contribution in [2.75, 3.05) is 39.6 Å². The van der Waals surface area contributed by atoms with E-state index in [-0.39, 0.29) is 6.10 Å². The molecule has 2 aromatic rings. The zero-order chi connectivity index (χ0) is 24.4. The molecule has 0 radical (unpaired) electrons. The normalized spacial score (nSPS) is 18.4. The standard InChI is InChI=1S/C18H25N3OS.C6H13NO3S/c1-20-10-5-8-18(20)19-9-13-23-17-14-21(11-12-22-2)16-7-4-3-6-15(16)17;7-11(8,9)10-6-4-2-1-3-5-6/h3-4,6-7,14H,5,8-13H2,1-2H3;6H,1-5H2,(H2,7,8,9). The number of methoxy groups -OCH3 is 1. The largest absolute Gasteiger partial charge is 0.383 e. The molecular formula is C24H38N4O4S2. The second-order valence-electron chi connectivity index (χ2n) is 8.72. The van der Waals surface area contributed by atoms with Crippen LogP contribution in [0.4, 0.5) is 0 Å². The number of likely N-dealkylation sites (tertiary alicyclic amines) is 1. The highest BCUT2D eigenvalue weighted by Gasteiger charge is 2.18. The second-order valence-corrected chi connectivity index (χ2v) is 11.0. The van der Waals surface area contributed by atoms with Crippen molar-refractivity contribution in [2.45, 2.75) is 62.5 Å². The molecule has 4 rings (SSSR count). The van der Waals surface area contributed by atoms with Crippen LogP contribution in [0.1, 0.15) is 44.9 Å². The summed E-state index contributed by atoms with van der Waals surface area (Å²) in [6, 6.07) is 8.60. The van der Waals surface area contributed by atoms with Crippen LogP contribution in [0.5, 0.6) is 0 Å². The third-order valence-electron chi connectivity index (χ3n) is 6.09. The van der Waals surface area contributed by atoms with Crippen LogP contribution in [0.2, 0.25) is 0 Å². The first-order chi connectivity index (χ1) is 16.4. The lowest BCUT2D eigenvalue weighted by atomic mass is 9.98. The van der Waals surface area contributed by atoms with Crippen LogP contribution < -0.4 is 5.14 Å². The number of aromatic nitrogens is 1. The molecule has 2 aliphatic rings. The molecule has 2 heterocycles. The molecule has 0 atom stereocenters. The lowest BCUT2D eigenvalue weighted by Crippen LogP contribution is -2.25. The Kier molecular flexibility index (Phi) is 10.7. The van der Waals surface area contributed by atoms with Gasteiger partial charge in [-0.2, -0.15) is 8.42 Å². The molecule has 0 spiro atoms. The van der Waals surface area contributed by atoms with Gasteiger partial charge in [-0.15, -0.1) is 11.8 Å². The van der Waals surface area contributed by atoms with Gasteiger partial charge in [0.2, 0.25) is 0 Å². The van der Waals surface area contributed by atoms with Gasteiger partial charge < -0.3 is 14.2 Å². The highest BCUT2D eigenvalue weighted by molar-refractivity contribution is 7.99. The molecule has 1 saturated carbocycles. The molecule has 1 aromatic carbocycles. The van der Waals surface area contributed by atoms with Crippen molar-refractivity contribution in [1.29, 1.82) is 0 Å². The van der Waals surface area contributed by atoms with Crippen molar-refractivity contribution >= 4 is 38.8 Å². The van der Waals surface area contributed by atoms with Crippen molar-refractivity contribution < 1.29 is 17.3 Å². The maximum atomic E-state index is 10.5. The zero-order valence-corrected chi connectivity index (χ0v) is 22.0. The number of hydrogen-bond donors (Lipinski definition) is 1. The summed E-state index contributed by atoms with van der Waals surface area (Å²) in [5, 5.41) is 6.05. The average Bonchev–Trinajstić information content (AvgIpc) is 3.38. The fourth-order valence-electron chi connectivity index (χ4n) is 4.38. The van der Waals surface area contributed by atoms with E-state index in [2.05, 4.69) is 51.2 Å². The Morgan fingerprint density at radius 1 is 1.18 bits per heavy atom. The van der Waals surface area contributed by atoms with E-state index in [9.17, 15) is 8.42 Å². The molecule has 8 nitrogen and oxygen atoms in total. The monoisotopic (exact) mass is 510 g/mol. The molecule has 190 valence electrons. The van der Waals surface area contributed by atoms with Crippen molar-refractivity contribution in [2.24, 2.45) is 10.1 Å². The first kappa shape index (κ1) is 27.0. The van der Waals surface area contributed by atoms with E-state index < -0.39 is 10.3 Å². The van der Waals surface area contributed by atoms with Gasteiger partial charge in [0.05, 0.1) is 25.1 Å². The fraction of sp³-hybridized carbons (Fsp3) is 0.625. The molecule has 1 saturated heterocycles. The fourth-order valence-corrected chi connectivity index (χ4v) is 5.88. The van der Waals surface area contributed by atoms with Gasteiger partial charge in [-0.3, -0.25) is 9.18 Å². The Balaban J connectivity index is 0.000000248. The molecule has 0 amide bonds. The number of rotatable bonds is 9. The molecular weight excluding hydrogens is 472 g/mol. The van der Waals surface area contributed by atoms with Crippen molar-refractivity contribution in [3.63, 3.8) is 0 Å². The molecule has 1 aliphatic carbocycles. The van der Waals surface area contributed by atoms with Crippen LogP contribution in [0.25, 0.3) is 10.9 Å². The van der Waals surface area contributed by atoms with Crippen molar-refractivity contribution in [1.82, 2.24) is 9.47 Å². The first-order valence-corrected chi connectivity index (χ1v) is 14.5. The predicted octanol–water partition coefficient (Wildman–Crippen LogP) is 4.04. The third kappa shape index (κ3) is 8.57. The zero-order valence-electron chi connectivity index (χ0n) is 20.3. The van der Waals surface area contributed by atoms with E-state index in [4.69, 9.17) is 14.9 Å². The van der Waals surface area contributed by atoms with E-state index in [1.807, 2.05) is 11.8 Å². The number of nitrogens with zero attached hydrogens (tertiary/aromatic N) is 3. The van der Waals surface area contributed by atoms with E-state index in [1.54, 1.807) is 7.11 Å². The van der Waals surface area contributed by atoms with Crippen LogP contribution in [0.15, 0.2) is 40.4 Å². The van der Waals surface area contributed by atoms with Gasteiger partial charge in [0, 0.05) is 61.4 Å². The van der Waals surface area contributed by atoms with Crippen LogP contribution in [-0.2, 0) is 25.8 Å². The summed E-state index contributed by atoms with van der Waals surface area (Å²) in [7, 11) is 0.168. The van der Waals surface area contributed by atoms with Crippen LogP contribution in [0.3, 0.4) is 0 Å². The van der Waals surface area contributed by atoms with Gasteiger partial charge in [-0.05, 0) is 25.3 Å². The molecule has 0 bridgehead atoms. The quantitative estimate of drug-likeness (QED) is 0.404. The number of para-hydroxylation sites is 1. The summed E-state index contributed by atoms with van der Waals surface area (Å²) in [5.74, 6) is 2.29. The minimum Gasteiger partial charge on any atom is -0.383 e. The highest BCUT2D eigenvalue weighted by atomic mass is 32.2. The minimum absolute atomic E-state index is 0.168. The number of aliphatic imine (C=N–C) groups is 1. The highest BCUT2D eigenvalue weighted by Crippen LogP contribution is 2.30. The summed E-state index contributed by atoms with van der Waals surface area (Å²) in [6.45, 7) is 3.67. The van der Waals surface area contributed by atoms with Gasteiger partial charge in [0.25, 0.3) is 0 Å². The van der Waals surface area contributed by atoms with Gasteiger partial charge in [-0.25, -0.2) is 5.14 Å². The second kappa shape index (κ2) is 13.5. The van der Waals surface area contributed by atoms with Crippen LogP contribution in [0, 0.1) is 0 Å². The molecule has 1 aliphatic heterocycles. The third-order valence-corrected chi connectivity index (χ3v) is 7.65. The number of nitrogens with two attached hydrogens (primary N) is 1. The summed E-state index contributed by atoms with van der Waals surface area (Å²) >= 11 is 1.90. The molecule has 2 fully saturated rings. The Morgan fingerprint density at radius 2 is 1.94 bits per heavy atom. The summed E-state index contributed by atoms with van der Waals surface area (Å²) in [4.78, 5) is 8.37. The minimum atomic E-state index is -3.72. The number of hydrogen-bond acceptors (Lipinski definition) is 6. The van der Waals surface area contributed by atoms with Crippen LogP contribution >= 0.6 is 11.8 Å². The van der Waals surface area contributed by atoms with Gasteiger partial charge in [0.15, 0.2) is 0 Å². The predicted molar refractivity (Wildman–Crippen MR) is 140 cm³/mol. The van der Waals surface area contributed by atoms with E-state index in [0.29, 0.717) is 0 Å². The molecule has 0 unspecified atom stereocenters. The van der Waals surface area contributed by atoms with Gasteiger partial charge in [0.1, 0.15) is 0 Å². The lowest BCUT2D eigenvalue weighted by molar-refractivity contribution is 0.162. The lowest BCUT2D eigenvalue weighted by Gasteiger charge is -2.19.